The standard InChI is InChI=1S/C18H20N2O5/c1-23-15-6-10-4-5-12(11(10)7-16(15)24-2)20-18(22)13-8-14(21)17(25-3)9-19-13/h6-9,12H,4-5H2,1-3H3,(H,19,21)(H,20,22)/t12-/m0/s1. The van der Waals surface area contributed by atoms with E-state index in [-0.39, 0.29) is 28.8 Å². The fraction of sp³-hybridized carbons (Fsp3) is 0.333. The summed E-state index contributed by atoms with van der Waals surface area (Å²) in [5.41, 5.74) is 1.97. The Balaban J connectivity index is 1.83. The smallest absolute Gasteiger partial charge is 0.268 e. The van der Waals surface area contributed by atoms with Gasteiger partial charge in [0.25, 0.3) is 5.91 Å². The van der Waals surface area contributed by atoms with Crippen molar-refractivity contribution in [3.8, 4) is 17.2 Å². The lowest BCUT2D eigenvalue weighted by Crippen LogP contribution is -2.28. The molecule has 132 valence electrons. The summed E-state index contributed by atoms with van der Waals surface area (Å²) < 4.78 is 15.6. The quantitative estimate of drug-likeness (QED) is 0.863. The van der Waals surface area contributed by atoms with Gasteiger partial charge < -0.3 is 24.5 Å². The van der Waals surface area contributed by atoms with E-state index in [1.165, 1.54) is 19.4 Å². The van der Waals surface area contributed by atoms with Crippen LogP contribution in [0.1, 0.15) is 34.1 Å². The number of aromatic nitrogens is 1. The summed E-state index contributed by atoms with van der Waals surface area (Å²) in [7, 11) is 4.58. The number of aromatic amines is 1. The molecule has 1 aliphatic carbocycles. The van der Waals surface area contributed by atoms with Crippen molar-refractivity contribution in [3.63, 3.8) is 0 Å². The number of pyridine rings is 1. The summed E-state index contributed by atoms with van der Waals surface area (Å²) in [5.74, 6) is 1.12. The maximum atomic E-state index is 12.5. The van der Waals surface area contributed by atoms with E-state index in [0.29, 0.717) is 11.5 Å². The molecule has 3 rings (SSSR count). The number of hydrogen-bond acceptors (Lipinski definition) is 5. The molecular weight excluding hydrogens is 324 g/mol. The van der Waals surface area contributed by atoms with Crippen LogP contribution in [0.2, 0.25) is 0 Å². The van der Waals surface area contributed by atoms with E-state index < -0.39 is 0 Å². The summed E-state index contributed by atoms with van der Waals surface area (Å²) in [6.45, 7) is 0. The molecule has 0 aliphatic heterocycles. The average Bonchev–Trinajstić information content (AvgIpc) is 3.02. The molecule has 1 aromatic heterocycles. The number of rotatable bonds is 5. The van der Waals surface area contributed by atoms with Gasteiger partial charge in [0.2, 0.25) is 5.43 Å². The van der Waals surface area contributed by atoms with Crippen molar-refractivity contribution >= 4 is 5.91 Å². The van der Waals surface area contributed by atoms with Gasteiger partial charge in [0.1, 0.15) is 5.69 Å². The van der Waals surface area contributed by atoms with Gasteiger partial charge in [-0.3, -0.25) is 9.59 Å². The van der Waals surface area contributed by atoms with Crippen LogP contribution in [0.4, 0.5) is 0 Å². The summed E-state index contributed by atoms with van der Waals surface area (Å²) in [6, 6.07) is 4.92. The number of methoxy groups -OCH3 is 3. The van der Waals surface area contributed by atoms with Crippen molar-refractivity contribution in [2.75, 3.05) is 21.3 Å². The number of benzene rings is 1. The van der Waals surface area contributed by atoms with Gasteiger partial charge in [0.15, 0.2) is 17.2 Å². The van der Waals surface area contributed by atoms with Crippen LogP contribution in [0.15, 0.2) is 29.2 Å². The van der Waals surface area contributed by atoms with Crippen molar-refractivity contribution in [2.24, 2.45) is 0 Å². The van der Waals surface area contributed by atoms with Crippen molar-refractivity contribution in [3.05, 3.63) is 51.4 Å². The molecule has 7 nitrogen and oxygen atoms in total. The average molecular weight is 344 g/mol. The fourth-order valence-electron chi connectivity index (χ4n) is 3.07. The van der Waals surface area contributed by atoms with Crippen LogP contribution in [-0.4, -0.2) is 32.2 Å². The number of nitrogens with one attached hydrogen (secondary N) is 2. The molecule has 1 aromatic carbocycles. The molecule has 1 atom stereocenters. The summed E-state index contributed by atoms with van der Waals surface area (Å²) in [4.78, 5) is 27.1. The van der Waals surface area contributed by atoms with Gasteiger partial charge in [-0.25, -0.2) is 0 Å². The Kier molecular flexibility index (Phi) is 4.65. The van der Waals surface area contributed by atoms with E-state index in [0.717, 1.165) is 24.0 Å². The van der Waals surface area contributed by atoms with Gasteiger partial charge in [-0.2, -0.15) is 0 Å². The van der Waals surface area contributed by atoms with Crippen molar-refractivity contribution < 1.29 is 19.0 Å². The lowest BCUT2D eigenvalue weighted by molar-refractivity contribution is 0.0931. The molecule has 0 saturated heterocycles. The van der Waals surface area contributed by atoms with Gasteiger partial charge in [0, 0.05) is 12.3 Å². The van der Waals surface area contributed by atoms with Gasteiger partial charge in [0.05, 0.1) is 27.4 Å². The second-order valence-electron chi connectivity index (χ2n) is 5.75. The zero-order chi connectivity index (χ0) is 18.0. The Morgan fingerprint density at radius 1 is 1.08 bits per heavy atom. The number of aryl methyl sites for hydroxylation is 1. The van der Waals surface area contributed by atoms with Crippen LogP contribution in [0.3, 0.4) is 0 Å². The highest BCUT2D eigenvalue weighted by molar-refractivity contribution is 5.92. The molecular formula is C18H20N2O5. The van der Waals surface area contributed by atoms with Crippen LogP contribution in [-0.2, 0) is 6.42 Å². The minimum Gasteiger partial charge on any atom is -0.493 e. The van der Waals surface area contributed by atoms with E-state index in [1.807, 2.05) is 12.1 Å². The summed E-state index contributed by atoms with van der Waals surface area (Å²) >= 11 is 0. The van der Waals surface area contributed by atoms with Crippen molar-refractivity contribution in [2.45, 2.75) is 18.9 Å². The normalized spacial score (nSPS) is 15.4. The zero-order valence-electron chi connectivity index (χ0n) is 14.3. The third-order valence-corrected chi connectivity index (χ3v) is 4.37. The molecule has 1 amide bonds. The zero-order valence-corrected chi connectivity index (χ0v) is 14.3. The van der Waals surface area contributed by atoms with Crippen molar-refractivity contribution in [1.29, 1.82) is 0 Å². The molecule has 0 radical (unpaired) electrons. The maximum Gasteiger partial charge on any atom is 0.268 e. The first-order chi connectivity index (χ1) is 12.1. The van der Waals surface area contributed by atoms with E-state index in [2.05, 4.69) is 10.3 Å². The molecule has 1 heterocycles. The van der Waals surface area contributed by atoms with Gasteiger partial charge in [-0.05, 0) is 36.1 Å². The van der Waals surface area contributed by atoms with E-state index in [1.54, 1.807) is 14.2 Å². The largest absolute Gasteiger partial charge is 0.493 e. The monoisotopic (exact) mass is 344 g/mol. The second-order valence-corrected chi connectivity index (χ2v) is 5.75. The van der Waals surface area contributed by atoms with Gasteiger partial charge >= 0.3 is 0 Å². The Morgan fingerprint density at radius 2 is 1.76 bits per heavy atom. The molecule has 2 N–H and O–H groups in total. The Hall–Kier alpha value is -2.96. The minimum absolute atomic E-state index is 0.145. The van der Waals surface area contributed by atoms with Crippen LogP contribution < -0.4 is 25.0 Å². The molecule has 0 spiro atoms. The third-order valence-electron chi connectivity index (χ3n) is 4.37. The van der Waals surface area contributed by atoms with Crippen LogP contribution >= 0.6 is 0 Å². The summed E-state index contributed by atoms with van der Waals surface area (Å²) in [5, 5.41) is 2.96. The first-order valence-electron chi connectivity index (χ1n) is 7.89. The molecule has 0 bridgehead atoms. The second kappa shape index (κ2) is 6.88. The maximum absolute atomic E-state index is 12.5. The molecule has 0 saturated carbocycles. The molecule has 0 fully saturated rings. The number of hydrogen-bond donors (Lipinski definition) is 2. The predicted molar refractivity (Wildman–Crippen MR) is 91.7 cm³/mol. The lowest BCUT2D eigenvalue weighted by Gasteiger charge is -2.16. The number of amides is 1. The molecule has 0 unspecified atom stereocenters. The van der Waals surface area contributed by atoms with E-state index in [9.17, 15) is 9.59 Å². The third kappa shape index (κ3) is 3.17. The number of carbonyl (C=O) groups excluding carboxylic acids is 1. The van der Waals surface area contributed by atoms with E-state index >= 15 is 0 Å². The first kappa shape index (κ1) is 16.9. The number of ether oxygens (including phenoxy) is 3. The molecule has 2 aromatic rings. The highest BCUT2D eigenvalue weighted by atomic mass is 16.5. The van der Waals surface area contributed by atoms with Crippen LogP contribution in [0, 0.1) is 0 Å². The van der Waals surface area contributed by atoms with Gasteiger partial charge in [-0.1, -0.05) is 0 Å². The minimum atomic E-state index is -0.343. The predicted octanol–water partition coefficient (Wildman–Crippen LogP) is 1.82. The topological polar surface area (TPSA) is 89.7 Å². The SMILES string of the molecule is COc1cc2c(cc1OC)[C@@H](NC(=O)c1cc(=O)c(OC)c[nH]1)CC2. The van der Waals surface area contributed by atoms with Crippen LogP contribution in [0.5, 0.6) is 17.2 Å². The van der Waals surface area contributed by atoms with Gasteiger partial charge in [-0.15, -0.1) is 0 Å². The summed E-state index contributed by atoms with van der Waals surface area (Å²) in [6.07, 6.45) is 2.99. The lowest BCUT2D eigenvalue weighted by atomic mass is 10.1. The Bertz CT molecular complexity index is 859. The number of fused-ring (bicyclic) bond motifs is 1. The highest BCUT2D eigenvalue weighted by Gasteiger charge is 2.27. The Labute approximate surface area is 144 Å². The van der Waals surface area contributed by atoms with Crippen LogP contribution in [0.25, 0.3) is 0 Å². The molecule has 7 heteroatoms. The molecule has 25 heavy (non-hydrogen) atoms. The highest BCUT2D eigenvalue weighted by Crippen LogP contribution is 2.39. The van der Waals surface area contributed by atoms with E-state index in [4.69, 9.17) is 14.2 Å². The number of H-pyrrole nitrogens is 1. The van der Waals surface area contributed by atoms with Crippen molar-refractivity contribution in [1.82, 2.24) is 10.3 Å². The Morgan fingerprint density at radius 3 is 2.40 bits per heavy atom. The number of carbonyl (C=O) groups is 1. The first-order valence-corrected chi connectivity index (χ1v) is 7.89. The fourth-order valence-corrected chi connectivity index (χ4v) is 3.07. The molecule has 1 aliphatic rings.